The van der Waals surface area contributed by atoms with Crippen LogP contribution in [0, 0.1) is 18.3 Å². The van der Waals surface area contributed by atoms with Crippen LogP contribution in [-0.4, -0.2) is 64.6 Å². The van der Waals surface area contributed by atoms with Crippen LogP contribution in [0.3, 0.4) is 0 Å². The molecule has 7 heteroatoms. The van der Waals surface area contributed by atoms with Crippen molar-refractivity contribution < 1.29 is 9.59 Å². The summed E-state index contributed by atoms with van der Waals surface area (Å²) >= 11 is 0. The van der Waals surface area contributed by atoms with E-state index in [9.17, 15) is 9.59 Å². The lowest BCUT2D eigenvalue weighted by molar-refractivity contribution is -0.130. The lowest BCUT2D eigenvalue weighted by Gasteiger charge is -2.50. The molecule has 3 heterocycles. The van der Waals surface area contributed by atoms with E-state index in [4.69, 9.17) is 0 Å². The summed E-state index contributed by atoms with van der Waals surface area (Å²) in [6.45, 7) is 8.31. The SMILES string of the molecule is CCn1ncc(C(=O)N2CC3(CN(Cc4ccccc4)CC3C(=O)NC)C2)c1C. The molecule has 2 aromatic rings. The quantitative estimate of drug-likeness (QED) is 0.834. The molecule has 1 N–H and O–H groups in total. The van der Waals surface area contributed by atoms with Crippen LogP contribution in [-0.2, 0) is 17.9 Å². The number of hydrogen-bond donors (Lipinski definition) is 1. The molecule has 154 valence electrons. The Morgan fingerprint density at radius 3 is 2.55 bits per heavy atom. The zero-order valence-electron chi connectivity index (χ0n) is 17.4. The van der Waals surface area contributed by atoms with Crippen LogP contribution in [0.5, 0.6) is 0 Å². The van der Waals surface area contributed by atoms with E-state index in [0.29, 0.717) is 18.7 Å². The van der Waals surface area contributed by atoms with E-state index in [1.165, 1.54) is 5.56 Å². The van der Waals surface area contributed by atoms with Crippen LogP contribution in [0.2, 0.25) is 0 Å². The highest BCUT2D eigenvalue weighted by Gasteiger charge is 2.57. The highest BCUT2D eigenvalue weighted by molar-refractivity contribution is 5.96. The first kappa shape index (κ1) is 19.6. The van der Waals surface area contributed by atoms with Gasteiger partial charge in [0.1, 0.15) is 0 Å². The molecule has 2 aliphatic heterocycles. The van der Waals surface area contributed by atoms with E-state index in [2.05, 4.69) is 27.4 Å². The van der Waals surface area contributed by atoms with Gasteiger partial charge in [-0.1, -0.05) is 30.3 Å². The Hall–Kier alpha value is -2.67. The average Bonchev–Trinajstić information content (AvgIpc) is 3.27. The zero-order chi connectivity index (χ0) is 20.6. The minimum absolute atomic E-state index is 0.0185. The summed E-state index contributed by atoms with van der Waals surface area (Å²) in [5.41, 5.74) is 2.64. The van der Waals surface area contributed by atoms with Gasteiger partial charge in [-0.05, 0) is 19.4 Å². The van der Waals surface area contributed by atoms with Gasteiger partial charge in [0.25, 0.3) is 5.91 Å². The predicted octanol–water partition coefficient (Wildman–Crippen LogP) is 1.53. The number of carbonyl (C=O) groups excluding carboxylic acids is 2. The summed E-state index contributed by atoms with van der Waals surface area (Å²) < 4.78 is 1.84. The van der Waals surface area contributed by atoms with Gasteiger partial charge >= 0.3 is 0 Å². The van der Waals surface area contributed by atoms with Crippen molar-refractivity contribution in [2.24, 2.45) is 11.3 Å². The van der Waals surface area contributed by atoms with E-state index in [0.717, 1.165) is 31.9 Å². The van der Waals surface area contributed by atoms with Gasteiger partial charge in [-0.3, -0.25) is 19.2 Å². The van der Waals surface area contributed by atoms with Crippen molar-refractivity contribution in [3.63, 3.8) is 0 Å². The van der Waals surface area contributed by atoms with Gasteiger partial charge in [0.15, 0.2) is 0 Å². The molecule has 4 rings (SSSR count). The molecular formula is C22H29N5O2. The van der Waals surface area contributed by atoms with Crippen molar-refractivity contribution in [3.05, 3.63) is 53.3 Å². The monoisotopic (exact) mass is 395 g/mol. The standard InChI is InChI=1S/C22H29N5O2/c1-4-27-16(2)18(10-24-27)21(29)26-14-22(15-26)13-25(12-19(22)20(28)23-3)11-17-8-6-5-7-9-17/h5-10,19H,4,11-15H2,1-3H3,(H,23,28). The molecule has 1 atom stereocenters. The van der Waals surface area contributed by atoms with Crippen LogP contribution in [0.25, 0.3) is 0 Å². The van der Waals surface area contributed by atoms with Crippen LogP contribution in [0.1, 0.15) is 28.5 Å². The highest BCUT2D eigenvalue weighted by atomic mass is 16.2. The molecule has 0 aliphatic carbocycles. The third-order valence-corrected chi connectivity index (χ3v) is 6.46. The molecule has 1 spiro atoms. The number of rotatable bonds is 5. The molecule has 1 unspecified atom stereocenters. The summed E-state index contributed by atoms with van der Waals surface area (Å²) in [4.78, 5) is 29.8. The summed E-state index contributed by atoms with van der Waals surface area (Å²) in [7, 11) is 1.69. The van der Waals surface area contributed by atoms with Crippen LogP contribution in [0.4, 0.5) is 0 Å². The molecule has 1 aromatic carbocycles. The summed E-state index contributed by atoms with van der Waals surface area (Å²) in [6, 6.07) is 10.3. The fourth-order valence-electron chi connectivity index (χ4n) is 4.89. The third-order valence-electron chi connectivity index (χ3n) is 6.46. The first-order valence-corrected chi connectivity index (χ1v) is 10.3. The van der Waals surface area contributed by atoms with Crippen molar-refractivity contribution in [3.8, 4) is 0 Å². The van der Waals surface area contributed by atoms with Crippen molar-refractivity contribution in [1.29, 1.82) is 0 Å². The van der Waals surface area contributed by atoms with Crippen LogP contribution >= 0.6 is 0 Å². The van der Waals surface area contributed by atoms with Gasteiger partial charge in [-0.25, -0.2) is 0 Å². The lowest BCUT2D eigenvalue weighted by Crippen LogP contribution is -2.64. The molecule has 0 saturated carbocycles. The van der Waals surface area contributed by atoms with Gasteiger partial charge < -0.3 is 10.2 Å². The molecule has 0 bridgehead atoms. The molecule has 7 nitrogen and oxygen atoms in total. The van der Waals surface area contributed by atoms with Crippen molar-refractivity contribution in [2.75, 3.05) is 33.2 Å². The van der Waals surface area contributed by atoms with Gasteiger partial charge in [0, 0.05) is 57.4 Å². The molecule has 2 saturated heterocycles. The second-order valence-electron chi connectivity index (χ2n) is 8.31. The Labute approximate surface area is 171 Å². The molecule has 1 aromatic heterocycles. The molecule has 29 heavy (non-hydrogen) atoms. The largest absolute Gasteiger partial charge is 0.359 e. The zero-order valence-corrected chi connectivity index (χ0v) is 17.4. The smallest absolute Gasteiger partial charge is 0.257 e. The van der Waals surface area contributed by atoms with E-state index >= 15 is 0 Å². The number of aryl methyl sites for hydroxylation is 1. The Balaban J connectivity index is 1.48. The van der Waals surface area contributed by atoms with Crippen molar-refractivity contribution in [1.82, 2.24) is 24.9 Å². The predicted molar refractivity (Wildman–Crippen MR) is 110 cm³/mol. The van der Waals surface area contributed by atoms with E-state index in [1.807, 2.05) is 41.6 Å². The van der Waals surface area contributed by atoms with E-state index in [-0.39, 0.29) is 23.1 Å². The Bertz CT molecular complexity index is 901. The fraction of sp³-hybridized carbons (Fsp3) is 0.500. The topological polar surface area (TPSA) is 70.5 Å². The van der Waals surface area contributed by atoms with E-state index in [1.54, 1.807) is 13.2 Å². The minimum Gasteiger partial charge on any atom is -0.359 e. The normalized spacial score (nSPS) is 20.7. The maximum absolute atomic E-state index is 13.0. The summed E-state index contributed by atoms with van der Waals surface area (Å²) in [6.07, 6.45) is 1.67. The number of nitrogens with zero attached hydrogens (tertiary/aromatic N) is 4. The van der Waals surface area contributed by atoms with Crippen molar-refractivity contribution in [2.45, 2.75) is 26.9 Å². The molecule has 0 radical (unpaired) electrons. The maximum Gasteiger partial charge on any atom is 0.257 e. The molecule has 2 fully saturated rings. The third kappa shape index (κ3) is 3.44. The molecular weight excluding hydrogens is 366 g/mol. The number of hydrogen-bond acceptors (Lipinski definition) is 4. The van der Waals surface area contributed by atoms with E-state index < -0.39 is 0 Å². The van der Waals surface area contributed by atoms with Gasteiger partial charge in [0.2, 0.25) is 5.91 Å². The van der Waals surface area contributed by atoms with Gasteiger partial charge in [0.05, 0.1) is 17.7 Å². The molecule has 2 amide bonds. The number of nitrogens with one attached hydrogen (secondary N) is 1. The van der Waals surface area contributed by atoms with Gasteiger partial charge in [-0.15, -0.1) is 0 Å². The van der Waals surface area contributed by atoms with Crippen LogP contribution < -0.4 is 5.32 Å². The first-order chi connectivity index (χ1) is 14.0. The highest BCUT2D eigenvalue weighted by Crippen LogP contribution is 2.45. The van der Waals surface area contributed by atoms with Gasteiger partial charge in [-0.2, -0.15) is 5.10 Å². The first-order valence-electron chi connectivity index (χ1n) is 10.3. The Morgan fingerprint density at radius 2 is 1.93 bits per heavy atom. The average molecular weight is 396 g/mol. The number of aromatic nitrogens is 2. The van der Waals surface area contributed by atoms with Crippen molar-refractivity contribution >= 4 is 11.8 Å². The molecule has 2 aliphatic rings. The number of amides is 2. The lowest BCUT2D eigenvalue weighted by atomic mass is 9.71. The van der Waals surface area contributed by atoms with Crippen LogP contribution in [0.15, 0.2) is 36.5 Å². The number of benzene rings is 1. The maximum atomic E-state index is 13.0. The summed E-state index contributed by atoms with van der Waals surface area (Å²) in [5, 5.41) is 7.13. The second-order valence-corrected chi connectivity index (χ2v) is 8.31. The number of likely N-dealkylation sites (tertiary alicyclic amines) is 2. The fourth-order valence-corrected chi connectivity index (χ4v) is 4.89. The summed E-state index contributed by atoms with van der Waals surface area (Å²) in [5.74, 6) is -0.00708. The minimum atomic E-state index is -0.167. The Morgan fingerprint density at radius 1 is 1.21 bits per heavy atom. The number of carbonyl (C=O) groups is 2. The Kier molecular flexibility index (Phi) is 5.17. The second kappa shape index (κ2) is 7.63.